The lowest BCUT2D eigenvalue weighted by Crippen LogP contribution is -2.15. The van der Waals surface area contributed by atoms with E-state index in [1.807, 2.05) is 36.4 Å². The summed E-state index contributed by atoms with van der Waals surface area (Å²) in [5.41, 5.74) is 2.74. The summed E-state index contributed by atoms with van der Waals surface area (Å²) in [4.78, 5) is 0. The standard InChI is InChI=1S/C6H6.C5H10Si/c1-2-4-6-5-3-1;1-5-6(2,3)4/h1-6H;1H,2-4H3. The first-order valence-corrected chi connectivity index (χ1v) is 7.54. The number of rotatable bonds is 0. The summed E-state index contributed by atoms with van der Waals surface area (Å²) in [6.45, 7) is 6.44. The van der Waals surface area contributed by atoms with E-state index in [2.05, 4.69) is 25.2 Å². The molecule has 12 heavy (non-hydrogen) atoms. The summed E-state index contributed by atoms with van der Waals surface area (Å²) in [6.07, 6.45) is 5.12. The number of benzene rings is 1. The summed E-state index contributed by atoms with van der Waals surface area (Å²) in [5, 5.41) is 0. The van der Waals surface area contributed by atoms with E-state index in [1.54, 1.807) is 0 Å². The van der Waals surface area contributed by atoms with Gasteiger partial charge in [-0.25, -0.2) is 0 Å². The van der Waals surface area contributed by atoms with Crippen molar-refractivity contribution in [1.29, 1.82) is 0 Å². The van der Waals surface area contributed by atoms with E-state index in [-0.39, 0.29) is 0 Å². The molecule has 0 radical (unpaired) electrons. The number of terminal acetylenes is 1. The van der Waals surface area contributed by atoms with Crippen molar-refractivity contribution in [3.8, 4) is 12.0 Å². The van der Waals surface area contributed by atoms with Crippen LogP contribution in [0.4, 0.5) is 0 Å². The summed E-state index contributed by atoms with van der Waals surface area (Å²) in [5.74, 6) is 0. The third-order valence-electron chi connectivity index (χ3n) is 1.10. The lowest BCUT2D eigenvalue weighted by Gasteiger charge is -2.00. The lowest BCUT2D eigenvalue weighted by atomic mass is 10.4. The fourth-order valence-electron chi connectivity index (χ4n) is 0.385. The Labute approximate surface area is 76.6 Å². The zero-order chi connectivity index (χ0) is 9.45. The van der Waals surface area contributed by atoms with Crippen molar-refractivity contribution in [2.45, 2.75) is 19.6 Å². The van der Waals surface area contributed by atoms with Crippen LogP contribution in [0.3, 0.4) is 0 Å². The maximum absolute atomic E-state index is 5.12. The van der Waals surface area contributed by atoms with Gasteiger partial charge in [-0.3, -0.25) is 0 Å². The van der Waals surface area contributed by atoms with Crippen molar-refractivity contribution in [2.75, 3.05) is 0 Å². The largest absolute Gasteiger partial charge is 0.135 e. The fourth-order valence-corrected chi connectivity index (χ4v) is 0.385. The molecule has 1 aromatic carbocycles. The van der Waals surface area contributed by atoms with Crippen LogP contribution in [0.5, 0.6) is 0 Å². The SMILES string of the molecule is C#C[Si](C)(C)C.c1ccccc1. The van der Waals surface area contributed by atoms with Gasteiger partial charge in [0.2, 0.25) is 0 Å². The van der Waals surface area contributed by atoms with E-state index in [1.165, 1.54) is 0 Å². The van der Waals surface area contributed by atoms with E-state index in [0.717, 1.165) is 0 Å². The Morgan fingerprint density at radius 2 is 1.00 bits per heavy atom. The average Bonchev–Trinajstić information content (AvgIpc) is 2.07. The molecule has 1 aromatic rings. The summed E-state index contributed by atoms with van der Waals surface area (Å²) >= 11 is 0. The molecule has 0 spiro atoms. The molecule has 0 heterocycles. The predicted molar refractivity (Wildman–Crippen MR) is 58.6 cm³/mol. The third kappa shape index (κ3) is 9.00. The topological polar surface area (TPSA) is 0 Å². The van der Waals surface area contributed by atoms with Crippen LogP contribution in [0.1, 0.15) is 0 Å². The zero-order valence-electron chi connectivity index (χ0n) is 8.04. The number of hydrogen-bond donors (Lipinski definition) is 0. The molecule has 0 N–H and O–H groups in total. The van der Waals surface area contributed by atoms with Gasteiger partial charge in [-0.15, -0.1) is 12.0 Å². The van der Waals surface area contributed by atoms with Crippen molar-refractivity contribution in [1.82, 2.24) is 0 Å². The average molecular weight is 176 g/mol. The molecular formula is C11H16Si. The van der Waals surface area contributed by atoms with Crippen molar-refractivity contribution in [2.24, 2.45) is 0 Å². The molecule has 1 rings (SSSR count). The first kappa shape index (κ1) is 11.0. The Kier molecular flexibility index (Phi) is 5.15. The van der Waals surface area contributed by atoms with Gasteiger partial charge in [-0.2, -0.15) is 0 Å². The van der Waals surface area contributed by atoms with Gasteiger partial charge in [0.1, 0.15) is 8.07 Å². The van der Waals surface area contributed by atoms with Gasteiger partial charge in [0.25, 0.3) is 0 Å². The molecule has 0 aliphatic heterocycles. The van der Waals surface area contributed by atoms with Crippen LogP contribution in [0.25, 0.3) is 0 Å². The van der Waals surface area contributed by atoms with Gasteiger partial charge in [0, 0.05) is 0 Å². The van der Waals surface area contributed by atoms with Crippen LogP contribution < -0.4 is 0 Å². The van der Waals surface area contributed by atoms with Crippen molar-refractivity contribution >= 4 is 8.07 Å². The van der Waals surface area contributed by atoms with Gasteiger partial charge < -0.3 is 0 Å². The van der Waals surface area contributed by atoms with E-state index in [4.69, 9.17) is 6.42 Å². The highest BCUT2D eigenvalue weighted by molar-refractivity contribution is 6.83. The van der Waals surface area contributed by atoms with E-state index in [0.29, 0.717) is 0 Å². The molecule has 0 atom stereocenters. The van der Waals surface area contributed by atoms with Gasteiger partial charge in [-0.1, -0.05) is 56.0 Å². The number of hydrogen-bond acceptors (Lipinski definition) is 0. The predicted octanol–water partition coefficient (Wildman–Crippen LogP) is 3.18. The Balaban J connectivity index is 0.000000202. The monoisotopic (exact) mass is 176 g/mol. The maximum atomic E-state index is 5.12. The van der Waals surface area contributed by atoms with Crippen LogP contribution in [-0.4, -0.2) is 8.07 Å². The molecule has 1 heteroatoms. The van der Waals surface area contributed by atoms with Gasteiger partial charge in [-0.05, 0) is 0 Å². The molecule has 64 valence electrons. The smallest absolute Gasteiger partial charge is 0.128 e. The molecule has 0 bridgehead atoms. The van der Waals surface area contributed by atoms with E-state index >= 15 is 0 Å². The Hall–Kier alpha value is -1.00. The second-order valence-corrected chi connectivity index (χ2v) is 8.34. The highest BCUT2D eigenvalue weighted by Gasteiger charge is 2.05. The minimum absolute atomic E-state index is 1.10. The normalized spacial score (nSPS) is 9.17. The highest BCUT2D eigenvalue weighted by Crippen LogP contribution is 1.94. The molecule has 0 fully saturated rings. The summed E-state index contributed by atoms with van der Waals surface area (Å²) in [7, 11) is -1.10. The fraction of sp³-hybridized carbons (Fsp3) is 0.273. The molecule has 0 saturated carbocycles. The van der Waals surface area contributed by atoms with Crippen molar-refractivity contribution < 1.29 is 0 Å². The zero-order valence-corrected chi connectivity index (χ0v) is 9.04. The molecule has 0 saturated heterocycles. The minimum atomic E-state index is -1.10. The van der Waals surface area contributed by atoms with Crippen LogP contribution in [0.15, 0.2) is 36.4 Å². The molecule has 0 amide bonds. The summed E-state index contributed by atoms with van der Waals surface area (Å²) < 4.78 is 0. The molecule has 0 unspecified atom stereocenters. The quantitative estimate of drug-likeness (QED) is 0.421. The highest BCUT2D eigenvalue weighted by atomic mass is 28.3. The molecule has 0 aliphatic carbocycles. The molecule has 0 aromatic heterocycles. The Morgan fingerprint density at radius 1 is 0.833 bits per heavy atom. The third-order valence-corrected chi connectivity index (χ3v) is 1.97. The van der Waals surface area contributed by atoms with Gasteiger partial charge in [0.05, 0.1) is 0 Å². The van der Waals surface area contributed by atoms with E-state index < -0.39 is 8.07 Å². The molecular weight excluding hydrogens is 160 g/mol. The molecule has 0 nitrogen and oxygen atoms in total. The minimum Gasteiger partial charge on any atom is -0.135 e. The van der Waals surface area contributed by atoms with E-state index in [9.17, 15) is 0 Å². The second kappa shape index (κ2) is 5.62. The lowest BCUT2D eigenvalue weighted by molar-refractivity contribution is 1.72. The summed E-state index contributed by atoms with van der Waals surface area (Å²) in [6, 6.07) is 12.0. The van der Waals surface area contributed by atoms with Crippen LogP contribution >= 0.6 is 0 Å². The van der Waals surface area contributed by atoms with Crippen LogP contribution in [-0.2, 0) is 0 Å². The van der Waals surface area contributed by atoms with Gasteiger partial charge >= 0.3 is 0 Å². The van der Waals surface area contributed by atoms with Gasteiger partial charge in [0.15, 0.2) is 0 Å². The van der Waals surface area contributed by atoms with Crippen LogP contribution in [0.2, 0.25) is 19.6 Å². The van der Waals surface area contributed by atoms with Crippen molar-refractivity contribution in [3.05, 3.63) is 36.4 Å². The Bertz CT molecular complexity index is 199. The second-order valence-electron chi connectivity index (χ2n) is 3.55. The van der Waals surface area contributed by atoms with Crippen LogP contribution in [0, 0.1) is 12.0 Å². The first-order chi connectivity index (χ1) is 5.56. The first-order valence-electron chi connectivity index (χ1n) is 4.04. The van der Waals surface area contributed by atoms with Crippen molar-refractivity contribution in [3.63, 3.8) is 0 Å². The Morgan fingerprint density at radius 3 is 1.08 bits per heavy atom. The maximum Gasteiger partial charge on any atom is 0.128 e. The molecule has 0 aliphatic rings.